The molecule has 1 saturated heterocycles. The number of rotatable bonds is 6. The maximum atomic E-state index is 5.79. The van der Waals surface area contributed by atoms with Crippen molar-refractivity contribution in [1.29, 1.82) is 0 Å². The highest BCUT2D eigenvalue weighted by molar-refractivity contribution is 5.59. The summed E-state index contributed by atoms with van der Waals surface area (Å²) in [7, 11) is 0. The Morgan fingerprint density at radius 2 is 2.20 bits per heavy atom. The molecule has 1 aliphatic heterocycles. The van der Waals surface area contributed by atoms with Crippen LogP contribution in [0.2, 0.25) is 0 Å². The average Bonchev–Trinajstić information content (AvgIpc) is 2.48. The van der Waals surface area contributed by atoms with Crippen LogP contribution in [0.5, 0.6) is 0 Å². The zero-order valence-electron chi connectivity index (χ0n) is 12.9. The molecular formula is C15H26N4O. The molecule has 0 radical (unpaired) electrons. The van der Waals surface area contributed by atoms with Gasteiger partial charge in [-0.25, -0.2) is 9.97 Å². The Balaban J connectivity index is 2.20. The molecule has 2 rings (SSSR count). The van der Waals surface area contributed by atoms with Gasteiger partial charge in [0.15, 0.2) is 0 Å². The molecule has 0 amide bonds. The number of ether oxygens (including phenoxy) is 1. The summed E-state index contributed by atoms with van der Waals surface area (Å²) in [5.41, 5.74) is 1.21. The SMILES string of the molecule is CCNc1ncnc(N2CCCC(OCC)C2)c1CC. The summed E-state index contributed by atoms with van der Waals surface area (Å²) in [5.74, 6) is 2.04. The molecule has 0 aliphatic carbocycles. The van der Waals surface area contributed by atoms with E-state index in [9.17, 15) is 0 Å². The summed E-state index contributed by atoms with van der Waals surface area (Å²) < 4.78 is 5.79. The van der Waals surface area contributed by atoms with Gasteiger partial charge in [0.05, 0.1) is 6.10 Å². The van der Waals surface area contributed by atoms with E-state index in [-0.39, 0.29) is 0 Å². The summed E-state index contributed by atoms with van der Waals surface area (Å²) in [6.07, 6.45) is 5.24. The van der Waals surface area contributed by atoms with Crippen molar-refractivity contribution >= 4 is 11.6 Å². The molecule has 1 N–H and O–H groups in total. The first-order valence-corrected chi connectivity index (χ1v) is 7.74. The number of nitrogens with zero attached hydrogens (tertiary/aromatic N) is 3. The van der Waals surface area contributed by atoms with E-state index in [0.717, 1.165) is 57.1 Å². The number of hydrogen-bond acceptors (Lipinski definition) is 5. The Hall–Kier alpha value is -1.36. The Morgan fingerprint density at radius 3 is 2.90 bits per heavy atom. The highest BCUT2D eigenvalue weighted by Gasteiger charge is 2.23. The van der Waals surface area contributed by atoms with Crippen LogP contribution in [0.15, 0.2) is 6.33 Å². The van der Waals surface area contributed by atoms with Gasteiger partial charge in [0, 0.05) is 31.8 Å². The van der Waals surface area contributed by atoms with Gasteiger partial charge >= 0.3 is 0 Å². The standard InChI is InChI=1S/C15H26N4O/c1-4-13-14(16-5-2)17-11-18-15(13)19-9-7-8-12(10-19)20-6-3/h11-12H,4-10H2,1-3H3,(H,16,17,18). The summed E-state index contributed by atoms with van der Waals surface area (Å²) >= 11 is 0. The van der Waals surface area contributed by atoms with Crippen LogP contribution in [0.25, 0.3) is 0 Å². The highest BCUT2D eigenvalue weighted by Crippen LogP contribution is 2.27. The van der Waals surface area contributed by atoms with Gasteiger partial charge in [0.2, 0.25) is 0 Å². The molecule has 5 nitrogen and oxygen atoms in total. The van der Waals surface area contributed by atoms with Crippen LogP contribution in [0.1, 0.15) is 39.2 Å². The van der Waals surface area contributed by atoms with E-state index in [0.29, 0.717) is 6.10 Å². The predicted octanol–water partition coefficient (Wildman–Crippen LogP) is 2.48. The summed E-state index contributed by atoms with van der Waals surface area (Å²) in [4.78, 5) is 11.3. The second-order valence-corrected chi connectivity index (χ2v) is 5.07. The number of nitrogens with one attached hydrogen (secondary N) is 1. The number of aromatic nitrogens is 2. The normalized spacial score (nSPS) is 19.1. The minimum absolute atomic E-state index is 0.330. The molecule has 1 aromatic heterocycles. The average molecular weight is 278 g/mol. The maximum absolute atomic E-state index is 5.79. The smallest absolute Gasteiger partial charge is 0.137 e. The molecule has 0 spiro atoms. The monoisotopic (exact) mass is 278 g/mol. The van der Waals surface area contributed by atoms with Crippen molar-refractivity contribution in [2.24, 2.45) is 0 Å². The Labute approximate surface area is 121 Å². The van der Waals surface area contributed by atoms with E-state index in [1.54, 1.807) is 6.33 Å². The first-order valence-electron chi connectivity index (χ1n) is 7.74. The second kappa shape index (κ2) is 7.43. The molecule has 1 atom stereocenters. The van der Waals surface area contributed by atoms with Crippen LogP contribution >= 0.6 is 0 Å². The van der Waals surface area contributed by atoms with Crippen LogP contribution in [0, 0.1) is 0 Å². The fourth-order valence-corrected chi connectivity index (χ4v) is 2.82. The van der Waals surface area contributed by atoms with E-state index < -0.39 is 0 Å². The number of piperidine rings is 1. The van der Waals surface area contributed by atoms with Crippen LogP contribution in [-0.4, -0.2) is 42.3 Å². The molecule has 20 heavy (non-hydrogen) atoms. The predicted molar refractivity (Wildman–Crippen MR) is 82.4 cm³/mol. The molecule has 0 bridgehead atoms. The van der Waals surface area contributed by atoms with Gasteiger partial charge in [-0.05, 0) is 33.1 Å². The Bertz CT molecular complexity index is 422. The lowest BCUT2D eigenvalue weighted by molar-refractivity contribution is 0.0525. The molecule has 1 aliphatic rings. The number of hydrogen-bond donors (Lipinski definition) is 1. The van der Waals surface area contributed by atoms with Crippen molar-refractivity contribution in [3.8, 4) is 0 Å². The van der Waals surface area contributed by atoms with Gasteiger partial charge in [0.25, 0.3) is 0 Å². The van der Waals surface area contributed by atoms with Gasteiger partial charge in [-0.2, -0.15) is 0 Å². The zero-order valence-corrected chi connectivity index (χ0v) is 12.9. The molecule has 1 unspecified atom stereocenters. The summed E-state index contributed by atoms with van der Waals surface area (Å²) in [6.45, 7) is 9.96. The number of anilines is 2. The van der Waals surface area contributed by atoms with Crippen LogP contribution in [-0.2, 0) is 11.2 Å². The minimum Gasteiger partial charge on any atom is -0.377 e. The van der Waals surface area contributed by atoms with Crippen LogP contribution < -0.4 is 10.2 Å². The van der Waals surface area contributed by atoms with Gasteiger partial charge in [-0.1, -0.05) is 6.92 Å². The van der Waals surface area contributed by atoms with Gasteiger partial charge in [-0.3, -0.25) is 0 Å². The molecule has 2 heterocycles. The van der Waals surface area contributed by atoms with Crippen molar-refractivity contribution in [3.63, 3.8) is 0 Å². The van der Waals surface area contributed by atoms with Gasteiger partial charge < -0.3 is 15.0 Å². The third-order valence-electron chi connectivity index (χ3n) is 3.70. The van der Waals surface area contributed by atoms with Gasteiger partial charge in [0.1, 0.15) is 18.0 Å². The fraction of sp³-hybridized carbons (Fsp3) is 0.733. The molecule has 1 fully saturated rings. The third-order valence-corrected chi connectivity index (χ3v) is 3.70. The first kappa shape index (κ1) is 15.0. The highest BCUT2D eigenvalue weighted by atomic mass is 16.5. The van der Waals surface area contributed by atoms with Crippen molar-refractivity contribution in [3.05, 3.63) is 11.9 Å². The Kier molecular flexibility index (Phi) is 5.59. The molecule has 5 heteroatoms. The lowest BCUT2D eigenvalue weighted by Crippen LogP contribution is -2.40. The minimum atomic E-state index is 0.330. The molecule has 0 saturated carbocycles. The maximum Gasteiger partial charge on any atom is 0.137 e. The summed E-state index contributed by atoms with van der Waals surface area (Å²) in [5, 5.41) is 3.33. The third kappa shape index (κ3) is 3.39. The van der Waals surface area contributed by atoms with Crippen molar-refractivity contribution < 1.29 is 4.74 Å². The first-order chi connectivity index (χ1) is 9.80. The van der Waals surface area contributed by atoms with Gasteiger partial charge in [-0.15, -0.1) is 0 Å². The fourth-order valence-electron chi connectivity index (χ4n) is 2.82. The Morgan fingerprint density at radius 1 is 1.35 bits per heavy atom. The molecular weight excluding hydrogens is 252 g/mol. The van der Waals surface area contributed by atoms with E-state index in [4.69, 9.17) is 4.74 Å². The zero-order chi connectivity index (χ0) is 14.4. The van der Waals surface area contributed by atoms with Crippen molar-refractivity contribution in [1.82, 2.24) is 9.97 Å². The van der Waals surface area contributed by atoms with Crippen LogP contribution in [0.3, 0.4) is 0 Å². The molecule has 1 aromatic rings. The summed E-state index contributed by atoms with van der Waals surface area (Å²) in [6, 6.07) is 0. The lowest BCUT2D eigenvalue weighted by atomic mass is 10.1. The molecule has 112 valence electrons. The lowest BCUT2D eigenvalue weighted by Gasteiger charge is -2.34. The van der Waals surface area contributed by atoms with Crippen molar-refractivity contribution in [2.45, 2.75) is 46.1 Å². The van der Waals surface area contributed by atoms with E-state index in [1.807, 2.05) is 0 Å². The van der Waals surface area contributed by atoms with E-state index >= 15 is 0 Å². The second-order valence-electron chi connectivity index (χ2n) is 5.07. The van der Waals surface area contributed by atoms with Crippen LogP contribution in [0.4, 0.5) is 11.6 Å². The topological polar surface area (TPSA) is 50.3 Å². The quantitative estimate of drug-likeness (QED) is 0.866. The van der Waals surface area contributed by atoms with E-state index in [1.165, 1.54) is 5.56 Å². The largest absolute Gasteiger partial charge is 0.377 e. The van der Waals surface area contributed by atoms with E-state index in [2.05, 4.69) is 41.0 Å². The van der Waals surface area contributed by atoms with Crippen molar-refractivity contribution in [2.75, 3.05) is 36.5 Å². The molecule has 0 aromatic carbocycles.